The Morgan fingerprint density at radius 1 is 0.847 bits per heavy atom. The van der Waals surface area contributed by atoms with E-state index in [-0.39, 0.29) is 79.0 Å². The van der Waals surface area contributed by atoms with Crippen LogP contribution in [0.2, 0.25) is 0 Å². The Kier molecular flexibility index (Phi) is 21.3. The van der Waals surface area contributed by atoms with Crippen molar-refractivity contribution in [3.63, 3.8) is 0 Å². The Bertz CT molecular complexity index is 3340. The van der Waals surface area contributed by atoms with Crippen LogP contribution in [0.5, 0.6) is 0 Å². The van der Waals surface area contributed by atoms with Crippen molar-refractivity contribution in [1.82, 2.24) is 54.6 Å². The maximum Gasteiger partial charge on any atom is 0.412 e. The molecular formula is C46H60F2N16O17P2S2. The molecule has 5 aromatic rings. The second-order valence-electron chi connectivity index (χ2n) is 19.6. The van der Waals surface area contributed by atoms with Gasteiger partial charge in [0.05, 0.1) is 38.5 Å². The number of amides is 6. The molecule has 12 N–H and O–H groups in total. The minimum absolute atomic E-state index is 0.0160. The molecule has 462 valence electrons. The zero-order valence-corrected chi connectivity index (χ0v) is 48.7. The lowest BCUT2D eigenvalue weighted by atomic mass is 9.89. The van der Waals surface area contributed by atoms with Crippen LogP contribution in [0.15, 0.2) is 49.6 Å². The summed E-state index contributed by atoms with van der Waals surface area (Å²) in [6, 6.07) is 4.65. The number of ether oxygens (including phenoxy) is 4. The molecule has 3 saturated heterocycles. The van der Waals surface area contributed by atoms with E-state index < -0.39 is 130 Å². The number of likely N-dealkylation sites (N-methyl/N-ethyl adjacent to an activating group) is 1. The third kappa shape index (κ3) is 16.2. The molecule has 39 heteroatoms. The van der Waals surface area contributed by atoms with E-state index in [0.717, 1.165) is 28.4 Å². The summed E-state index contributed by atoms with van der Waals surface area (Å²) in [6.07, 6.45) is -10.7. The van der Waals surface area contributed by atoms with Gasteiger partial charge in [0.15, 0.2) is 59.0 Å². The monoisotopic (exact) mass is 1270 g/mol. The number of fused-ring (bicyclic) bond motifs is 4. The number of halogens is 2. The first-order valence-corrected chi connectivity index (χ1v) is 31.0. The number of carbonyl (C=O) groups is 6. The molecule has 0 spiro atoms. The average Bonchev–Trinajstić information content (AvgIpc) is 1.74. The van der Waals surface area contributed by atoms with Gasteiger partial charge in [0, 0.05) is 31.6 Å². The van der Waals surface area contributed by atoms with Crippen LogP contribution in [-0.2, 0) is 86.5 Å². The molecule has 3 fully saturated rings. The number of nitrogens with one attached hydrogen (secondary N) is 4. The van der Waals surface area contributed by atoms with E-state index in [0.29, 0.717) is 17.7 Å². The second-order valence-corrected chi connectivity index (χ2v) is 25.2. The van der Waals surface area contributed by atoms with Gasteiger partial charge in [0.25, 0.3) is 0 Å². The van der Waals surface area contributed by atoms with Gasteiger partial charge >= 0.3 is 31.7 Å². The molecule has 8 rings (SSSR count). The van der Waals surface area contributed by atoms with Crippen LogP contribution in [0.25, 0.3) is 22.3 Å². The molecule has 3 aliphatic heterocycles. The Morgan fingerprint density at radius 2 is 1.44 bits per heavy atom. The number of nitrogen functional groups attached to an aromatic ring is 1. The van der Waals surface area contributed by atoms with Gasteiger partial charge in [-0.05, 0) is 60.1 Å². The third-order valence-electron chi connectivity index (χ3n) is 13.3. The summed E-state index contributed by atoms with van der Waals surface area (Å²) >= 11 is 10.5. The van der Waals surface area contributed by atoms with Gasteiger partial charge in [-0.3, -0.25) is 42.7 Å². The molecule has 6 amide bonds. The van der Waals surface area contributed by atoms with E-state index in [1.807, 2.05) is 0 Å². The number of urea groups is 1. The summed E-state index contributed by atoms with van der Waals surface area (Å²) < 4.78 is 80.3. The summed E-state index contributed by atoms with van der Waals surface area (Å²) in [6.45, 7) is -7.74. The largest absolute Gasteiger partial charge is 0.447 e. The van der Waals surface area contributed by atoms with Gasteiger partial charge in [-0.15, -0.1) is 0 Å². The van der Waals surface area contributed by atoms with Gasteiger partial charge in [-0.2, -0.15) is 0 Å². The lowest BCUT2D eigenvalue weighted by Crippen LogP contribution is -2.47. The molecule has 3 aliphatic rings. The van der Waals surface area contributed by atoms with Crippen LogP contribution >= 0.6 is 13.4 Å². The van der Waals surface area contributed by atoms with Crippen LogP contribution in [0.4, 0.5) is 40.5 Å². The third-order valence-corrected chi connectivity index (χ3v) is 16.4. The molecule has 33 nitrogen and oxygen atoms in total. The minimum atomic E-state index is -4.42. The van der Waals surface area contributed by atoms with Crippen LogP contribution in [0.1, 0.15) is 51.1 Å². The predicted octanol–water partition coefficient (Wildman–Crippen LogP) is 1.78. The summed E-state index contributed by atoms with van der Waals surface area (Å²) in [5.74, 6) is 2.15. The quantitative estimate of drug-likeness (QED) is 0.0287. The van der Waals surface area contributed by atoms with E-state index in [1.165, 1.54) is 17.9 Å². The van der Waals surface area contributed by atoms with Crippen LogP contribution in [0.3, 0.4) is 0 Å². The van der Waals surface area contributed by atoms with Gasteiger partial charge in [-0.25, -0.2) is 59.0 Å². The molecule has 85 heavy (non-hydrogen) atoms. The van der Waals surface area contributed by atoms with Crippen LogP contribution in [0, 0.1) is 11.8 Å². The summed E-state index contributed by atoms with van der Waals surface area (Å²) in [4.78, 5) is 129. The SMILES string of the molecule is CC(C)[C@H](NC(=O)CON)C(=O)C[C@@H](CCCNC(N)=O)C(=O)Nc1ccc(COC(=O)N(C)CCOC(=O)Nc2ncnc3c2ncn3[C@@H]2O[C@@H]3COP(O)(=S)O[C@H]4[C@@H](F)[C@H](n5cnc6c(N)ncnc65)O[C@@H]4COP(O)(=S)O[C@H]3[C@H]2F)cc1. The molecule has 0 aliphatic carbocycles. The molecular weight excluding hydrogens is 1210 g/mol. The fourth-order valence-electron chi connectivity index (χ4n) is 9.09. The van der Waals surface area contributed by atoms with E-state index in [9.17, 15) is 38.6 Å². The maximum atomic E-state index is 16.7. The number of hydrogen-bond donors (Lipinski definition) is 9. The molecule has 1 aromatic carbocycles. The molecule has 2 unspecified atom stereocenters. The van der Waals surface area contributed by atoms with Crippen LogP contribution < -0.4 is 38.6 Å². The summed E-state index contributed by atoms with van der Waals surface area (Å²) in [5, 5.41) is 10.2. The standard InChI is InChI=1S/C46H60F2N16O17P2S2/c1-22(2)32(60-29(66)17-75-51)26(65)13-24(5-4-10-52-44(50)68)41(67)59-25-8-6-23(7-9-25)14-74-46(70)62(3)11-12-73-45(69)61-38-34-40(56-19-54-38)64(21-58-34)43-31(48)36-28(79-43)16-77-82(71,84)80-35-27(15-76-83(72,85)81-36)78-42(30(35)47)63-20-57-33-37(49)53-18-55-39(33)63/h6-9,18-22,24,27-28,30-32,35-36,42-43H,4-5,10-17,51H2,1-3H3,(H,59,67)(H,60,66)(H,71,84)(H,72,85)(H2,49,53,55)(H3,50,52,68)(H,54,56,61,69)/t24-,27-,28-,30-,31-,32+,35-,36-,42-,43-,82?,83?/m1/s1. The number of Topliss-reactive ketones (excluding diaryl/α,β-unsaturated/α-hetero) is 1. The lowest BCUT2D eigenvalue weighted by molar-refractivity contribution is -0.133. The number of ketones is 1. The first kappa shape index (κ1) is 64.3. The normalized spacial score (nSPS) is 25.8. The van der Waals surface area contributed by atoms with Crippen molar-refractivity contribution in [2.75, 3.05) is 62.9 Å². The van der Waals surface area contributed by atoms with Crippen molar-refractivity contribution < 1.29 is 89.2 Å². The lowest BCUT2D eigenvalue weighted by Gasteiger charge is -2.29. The molecule has 0 radical (unpaired) electrons. The minimum Gasteiger partial charge on any atom is -0.447 e. The Labute approximate surface area is 491 Å². The summed E-state index contributed by atoms with van der Waals surface area (Å²) in [7, 11) is 1.40. The second kappa shape index (κ2) is 28.2. The zero-order valence-electron chi connectivity index (χ0n) is 45.3. The van der Waals surface area contributed by atoms with Crippen molar-refractivity contribution in [2.24, 2.45) is 23.5 Å². The first-order valence-electron chi connectivity index (χ1n) is 25.8. The molecule has 12 atom stereocenters. The smallest absolute Gasteiger partial charge is 0.412 e. The Balaban J connectivity index is 0.814. The van der Waals surface area contributed by atoms with Gasteiger partial charge in [0.2, 0.25) is 11.8 Å². The van der Waals surface area contributed by atoms with E-state index in [1.54, 1.807) is 38.1 Å². The average molecular weight is 1270 g/mol. The first-order chi connectivity index (χ1) is 40.4. The molecule has 7 heterocycles. The van der Waals surface area contributed by atoms with Crippen molar-refractivity contribution in [3.8, 4) is 0 Å². The van der Waals surface area contributed by atoms with Crippen molar-refractivity contribution >= 4 is 113 Å². The predicted molar refractivity (Wildman–Crippen MR) is 297 cm³/mol. The highest BCUT2D eigenvalue weighted by atomic mass is 32.5. The number of alkyl halides is 2. The van der Waals surface area contributed by atoms with Crippen molar-refractivity contribution in [1.29, 1.82) is 0 Å². The Morgan fingerprint density at radius 3 is 2.02 bits per heavy atom. The van der Waals surface area contributed by atoms with Crippen LogP contribution in [-0.4, -0.2) is 179 Å². The van der Waals surface area contributed by atoms with Crippen molar-refractivity contribution in [3.05, 3.63) is 55.1 Å². The maximum absolute atomic E-state index is 16.7. The number of anilines is 3. The number of aromatic nitrogens is 8. The number of imidazole rings is 2. The fourth-order valence-corrected chi connectivity index (χ4v) is 12.0. The molecule has 4 aromatic heterocycles. The summed E-state index contributed by atoms with van der Waals surface area (Å²) in [5.41, 5.74) is 12.1. The van der Waals surface area contributed by atoms with E-state index >= 15 is 8.78 Å². The number of primary amides is 1. The van der Waals surface area contributed by atoms with Gasteiger partial charge in [-0.1, -0.05) is 26.0 Å². The number of nitrogens with zero attached hydrogens (tertiary/aromatic N) is 9. The Hall–Kier alpha value is -6.70. The highest BCUT2D eigenvalue weighted by molar-refractivity contribution is 8.07. The van der Waals surface area contributed by atoms with Crippen molar-refractivity contribution in [2.45, 2.75) is 95.0 Å². The fraction of sp³-hybridized carbons (Fsp3) is 0.522. The number of nitrogens with two attached hydrogens (primary N) is 3. The zero-order chi connectivity index (χ0) is 61.3. The van der Waals surface area contributed by atoms with E-state index in [4.69, 9.17) is 78.0 Å². The molecule has 0 bridgehead atoms. The number of benzene rings is 1. The number of carbonyl (C=O) groups excluding carboxylic acids is 6. The highest BCUT2D eigenvalue weighted by Crippen LogP contribution is 2.55. The highest BCUT2D eigenvalue weighted by Gasteiger charge is 2.54. The number of rotatable bonds is 21. The van der Waals surface area contributed by atoms with Gasteiger partial charge in [0.1, 0.15) is 62.4 Å². The topological polar surface area (TPSA) is 443 Å². The van der Waals surface area contributed by atoms with E-state index in [2.05, 4.69) is 56.0 Å². The molecule has 0 saturated carbocycles. The number of hydrogen-bond acceptors (Lipinski definition) is 25. The van der Waals surface area contributed by atoms with Gasteiger partial charge < -0.3 is 70.1 Å².